The average molecular weight is 305 g/mol. The number of hydrogen-bond acceptors (Lipinski definition) is 3. The van der Waals surface area contributed by atoms with Crippen molar-refractivity contribution in [2.75, 3.05) is 13.1 Å². The predicted octanol–water partition coefficient (Wildman–Crippen LogP) is 0.896. The Bertz CT molecular complexity index is 503. The van der Waals surface area contributed by atoms with Gasteiger partial charge >= 0.3 is 0 Å². The lowest BCUT2D eigenvalue weighted by Gasteiger charge is -2.18. The highest BCUT2D eigenvalue weighted by Gasteiger charge is 2.17. The summed E-state index contributed by atoms with van der Waals surface area (Å²) in [5.74, 6) is -0.706. The predicted molar refractivity (Wildman–Crippen MR) is 83.9 cm³/mol. The zero-order valence-electron chi connectivity index (χ0n) is 13.0. The molecular weight excluding hydrogens is 282 g/mol. The number of nitrogens with one attached hydrogen (secondary N) is 3. The molecule has 0 bridgehead atoms. The highest BCUT2D eigenvalue weighted by Crippen LogP contribution is 2.16. The van der Waals surface area contributed by atoms with E-state index in [0.29, 0.717) is 6.54 Å². The first-order valence-corrected chi connectivity index (χ1v) is 7.38. The van der Waals surface area contributed by atoms with Gasteiger partial charge < -0.3 is 16.0 Å². The number of carbonyl (C=O) groups is 3. The van der Waals surface area contributed by atoms with Gasteiger partial charge in [-0.1, -0.05) is 37.3 Å². The third-order valence-corrected chi connectivity index (χ3v) is 2.99. The van der Waals surface area contributed by atoms with Crippen LogP contribution in [0, 0.1) is 0 Å². The van der Waals surface area contributed by atoms with Crippen LogP contribution in [0.15, 0.2) is 30.3 Å². The molecule has 1 aromatic carbocycles. The fourth-order valence-corrected chi connectivity index (χ4v) is 1.95. The van der Waals surface area contributed by atoms with Crippen LogP contribution in [0.4, 0.5) is 0 Å². The Labute approximate surface area is 130 Å². The molecule has 0 heterocycles. The minimum atomic E-state index is -0.405. The topological polar surface area (TPSA) is 87.3 Å². The van der Waals surface area contributed by atoms with Crippen molar-refractivity contribution in [3.8, 4) is 0 Å². The molecule has 0 aliphatic carbocycles. The average Bonchev–Trinajstić information content (AvgIpc) is 2.50. The van der Waals surface area contributed by atoms with Crippen LogP contribution in [-0.4, -0.2) is 30.8 Å². The molecule has 6 nitrogen and oxygen atoms in total. The lowest BCUT2D eigenvalue weighted by atomic mass is 10.0. The molecule has 3 amide bonds. The van der Waals surface area contributed by atoms with Gasteiger partial charge in [-0.15, -0.1) is 0 Å². The van der Waals surface area contributed by atoms with Crippen molar-refractivity contribution in [1.29, 1.82) is 0 Å². The highest BCUT2D eigenvalue weighted by molar-refractivity contribution is 5.85. The van der Waals surface area contributed by atoms with Gasteiger partial charge in [-0.25, -0.2) is 0 Å². The molecule has 1 atom stereocenters. The van der Waals surface area contributed by atoms with Crippen LogP contribution in [-0.2, 0) is 14.4 Å². The molecule has 22 heavy (non-hydrogen) atoms. The molecule has 0 fully saturated rings. The summed E-state index contributed by atoms with van der Waals surface area (Å²) in [5, 5.41) is 7.99. The van der Waals surface area contributed by atoms with Crippen LogP contribution in [0.3, 0.4) is 0 Å². The van der Waals surface area contributed by atoms with E-state index >= 15 is 0 Å². The maximum Gasteiger partial charge on any atom is 0.239 e. The fourth-order valence-electron chi connectivity index (χ4n) is 1.95. The Kier molecular flexibility index (Phi) is 7.67. The van der Waals surface area contributed by atoms with Crippen LogP contribution in [0.25, 0.3) is 0 Å². The molecule has 0 aliphatic rings. The Morgan fingerprint density at radius 1 is 1.05 bits per heavy atom. The fraction of sp³-hybridized carbons (Fsp3) is 0.438. The summed E-state index contributed by atoms with van der Waals surface area (Å²) in [6.07, 6.45) is 0.933. The molecule has 0 saturated carbocycles. The molecule has 3 N–H and O–H groups in total. The van der Waals surface area contributed by atoms with E-state index in [1.807, 2.05) is 37.3 Å². The van der Waals surface area contributed by atoms with Crippen LogP contribution in [0.5, 0.6) is 0 Å². The van der Waals surface area contributed by atoms with Crippen LogP contribution in [0.2, 0.25) is 0 Å². The van der Waals surface area contributed by atoms with Gasteiger partial charge in [0, 0.05) is 13.5 Å². The highest BCUT2D eigenvalue weighted by atomic mass is 16.2. The third kappa shape index (κ3) is 6.88. The number of carbonyl (C=O) groups excluding carboxylic acids is 3. The van der Waals surface area contributed by atoms with E-state index in [2.05, 4.69) is 16.0 Å². The number of benzene rings is 1. The quantitative estimate of drug-likeness (QED) is 0.667. The normalized spacial score (nSPS) is 11.4. The van der Waals surface area contributed by atoms with E-state index in [9.17, 15) is 14.4 Å². The molecule has 6 heteroatoms. The van der Waals surface area contributed by atoms with Crippen LogP contribution >= 0.6 is 0 Å². The zero-order chi connectivity index (χ0) is 16.4. The molecule has 0 radical (unpaired) electrons. The van der Waals surface area contributed by atoms with Crippen LogP contribution in [0.1, 0.15) is 38.3 Å². The van der Waals surface area contributed by atoms with Gasteiger partial charge in [0.15, 0.2) is 0 Å². The summed E-state index contributed by atoms with van der Waals surface area (Å²) in [6, 6.07) is 8.86. The molecule has 0 aromatic heterocycles. The maximum absolute atomic E-state index is 11.9. The summed E-state index contributed by atoms with van der Waals surface area (Å²) < 4.78 is 0. The molecule has 1 aromatic rings. The van der Waals surface area contributed by atoms with Gasteiger partial charge in [-0.05, 0) is 12.0 Å². The number of rotatable bonds is 8. The summed E-state index contributed by atoms with van der Waals surface area (Å²) in [7, 11) is 0. The summed E-state index contributed by atoms with van der Waals surface area (Å²) in [5.41, 5.74) is 0.850. The van der Waals surface area contributed by atoms with E-state index in [1.54, 1.807) is 0 Å². The SMILES string of the molecule is CCCNC(=O)CNC(=O)C[C@@H](NC(C)=O)c1ccccc1. The second-order valence-electron chi connectivity index (χ2n) is 4.99. The third-order valence-electron chi connectivity index (χ3n) is 2.99. The summed E-state index contributed by atoms with van der Waals surface area (Å²) in [6.45, 7) is 3.90. The summed E-state index contributed by atoms with van der Waals surface area (Å²) >= 11 is 0. The van der Waals surface area contributed by atoms with E-state index in [1.165, 1.54) is 6.92 Å². The second-order valence-corrected chi connectivity index (χ2v) is 4.99. The Morgan fingerprint density at radius 2 is 1.73 bits per heavy atom. The number of hydrogen-bond donors (Lipinski definition) is 3. The number of amides is 3. The van der Waals surface area contributed by atoms with Crippen molar-refractivity contribution in [1.82, 2.24) is 16.0 Å². The molecule has 120 valence electrons. The first-order valence-electron chi connectivity index (χ1n) is 7.38. The minimum absolute atomic E-state index is 0.0551. The van der Waals surface area contributed by atoms with Gasteiger partial charge in [-0.2, -0.15) is 0 Å². The van der Waals surface area contributed by atoms with Crippen molar-refractivity contribution < 1.29 is 14.4 Å². The zero-order valence-corrected chi connectivity index (χ0v) is 13.0. The first kappa shape index (κ1) is 17.7. The molecular formula is C16H23N3O3. The lowest BCUT2D eigenvalue weighted by Crippen LogP contribution is -2.39. The van der Waals surface area contributed by atoms with Crippen molar-refractivity contribution in [2.24, 2.45) is 0 Å². The van der Waals surface area contributed by atoms with Crippen LogP contribution < -0.4 is 16.0 Å². The van der Waals surface area contributed by atoms with Gasteiger partial charge in [0.25, 0.3) is 0 Å². The van der Waals surface area contributed by atoms with Crippen molar-refractivity contribution in [3.63, 3.8) is 0 Å². The minimum Gasteiger partial charge on any atom is -0.355 e. The first-order chi connectivity index (χ1) is 10.5. The van der Waals surface area contributed by atoms with Crippen molar-refractivity contribution in [3.05, 3.63) is 35.9 Å². The maximum atomic E-state index is 11.9. The monoisotopic (exact) mass is 305 g/mol. The second kappa shape index (κ2) is 9.55. The van der Waals surface area contributed by atoms with Crippen molar-refractivity contribution >= 4 is 17.7 Å². The van der Waals surface area contributed by atoms with E-state index in [0.717, 1.165) is 12.0 Å². The summed E-state index contributed by atoms with van der Waals surface area (Å²) in [4.78, 5) is 34.7. The Hall–Kier alpha value is -2.37. The van der Waals surface area contributed by atoms with Gasteiger partial charge in [0.05, 0.1) is 19.0 Å². The Morgan fingerprint density at radius 3 is 2.32 bits per heavy atom. The molecule has 0 saturated heterocycles. The molecule has 0 spiro atoms. The molecule has 0 aliphatic heterocycles. The lowest BCUT2D eigenvalue weighted by molar-refractivity contribution is -0.127. The van der Waals surface area contributed by atoms with E-state index in [4.69, 9.17) is 0 Å². The largest absolute Gasteiger partial charge is 0.355 e. The van der Waals surface area contributed by atoms with Crippen molar-refractivity contribution in [2.45, 2.75) is 32.7 Å². The van der Waals surface area contributed by atoms with E-state index < -0.39 is 6.04 Å². The standard InChI is InChI=1S/C16H23N3O3/c1-3-9-17-16(22)11-18-15(21)10-14(19-12(2)20)13-7-5-4-6-8-13/h4-8,14H,3,9-11H2,1-2H3,(H,17,22)(H,18,21)(H,19,20)/t14-/m1/s1. The molecule has 0 unspecified atom stereocenters. The Balaban J connectivity index is 2.53. The van der Waals surface area contributed by atoms with Gasteiger partial charge in [-0.3, -0.25) is 14.4 Å². The van der Waals surface area contributed by atoms with E-state index in [-0.39, 0.29) is 30.7 Å². The molecule has 1 rings (SSSR count). The van der Waals surface area contributed by atoms with Gasteiger partial charge in [0.2, 0.25) is 17.7 Å². The van der Waals surface area contributed by atoms with Gasteiger partial charge in [0.1, 0.15) is 0 Å². The smallest absolute Gasteiger partial charge is 0.239 e.